The molecular formula is C7H8IO+. The minimum atomic E-state index is -0.703. The zero-order valence-corrected chi connectivity index (χ0v) is 7.29. The number of aryl methyl sites for hydroxylation is 1. The van der Waals surface area contributed by atoms with E-state index in [2.05, 4.69) is 0 Å². The van der Waals surface area contributed by atoms with Crippen molar-refractivity contribution in [1.29, 1.82) is 0 Å². The Hall–Kier alpha value is -0.0900. The van der Waals surface area contributed by atoms with Gasteiger partial charge in [-0.05, 0) is 19.1 Å². The summed E-state index contributed by atoms with van der Waals surface area (Å²) in [6.07, 6.45) is 0. The molecule has 0 aliphatic carbocycles. The minimum absolute atomic E-state index is 0.703. The SMILES string of the molecule is Cc1ccc([I+]O)cc1. The lowest BCUT2D eigenvalue weighted by Crippen LogP contribution is -3.61. The van der Waals surface area contributed by atoms with Gasteiger partial charge in [-0.3, -0.25) is 0 Å². The molecule has 9 heavy (non-hydrogen) atoms. The molecule has 1 aromatic carbocycles. The van der Waals surface area contributed by atoms with E-state index < -0.39 is 21.6 Å². The number of rotatable bonds is 1. The predicted molar refractivity (Wildman–Crippen MR) is 32.1 cm³/mol. The molecule has 0 unspecified atom stereocenters. The molecule has 0 heterocycles. The van der Waals surface area contributed by atoms with Gasteiger partial charge in [0, 0.05) is 0 Å². The van der Waals surface area contributed by atoms with Crippen LogP contribution in [0.25, 0.3) is 0 Å². The maximum absolute atomic E-state index is 8.74. The van der Waals surface area contributed by atoms with Crippen molar-refractivity contribution in [3.8, 4) is 0 Å². The van der Waals surface area contributed by atoms with E-state index in [1.807, 2.05) is 31.2 Å². The first-order valence-corrected chi connectivity index (χ1v) is 4.72. The van der Waals surface area contributed by atoms with E-state index in [1.54, 1.807) is 0 Å². The Kier molecular flexibility index (Phi) is 2.48. The first-order valence-electron chi connectivity index (χ1n) is 2.68. The van der Waals surface area contributed by atoms with Crippen LogP contribution in [-0.4, -0.2) is 3.44 Å². The predicted octanol–water partition coefficient (Wildman–Crippen LogP) is -1.84. The molecule has 0 aliphatic rings. The van der Waals surface area contributed by atoms with Gasteiger partial charge in [0.05, 0.1) is 0 Å². The molecule has 0 aromatic heterocycles. The van der Waals surface area contributed by atoms with Gasteiger partial charge in [0.1, 0.15) is 0 Å². The van der Waals surface area contributed by atoms with Crippen LogP contribution in [0.2, 0.25) is 0 Å². The fourth-order valence-electron chi connectivity index (χ4n) is 0.590. The van der Waals surface area contributed by atoms with Gasteiger partial charge in [-0.2, -0.15) is 3.44 Å². The third-order valence-electron chi connectivity index (χ3n) is 1.11. The highest BCUT2D eigenvalue weighted by molar-refractivity contribution is 5.11. The summed E-state index contributed by atoms with van der Waals surface area (Å²) in [5.41, 5.74) is 1.25. The molecule has 0 radical (unpaired) electrons. The van der Waals surface area contributed by atoms with Gasteiger partial charge >= 0.3 is 21.6 Å². The van der Waals surface area contributed by atoms with Crippen molar-refractivity contribution >= 4 is 0 Å². The van der Waals surface area contributed by atoms with E-state index in [0.717, 1.165) is 3.57 Å². The zero-order valence-electron chi connectivity index (χ0n) is 5.13. The second kappa shape index (κ2) is 3.17. The van der Waals surface area contributed by atoms with Gasteiger partial charge in [0.25, 0.3) is 0 Å². The molecule has 2 heteroatoms. The topological polar surface area (TPSA) is 20.2 Å². The summed E-state index contributed by atoms with van der Waals surface area (Å²) < 4.78 is 9.82. The maximum Gasteiger partial charge on any atom is 0.519 e. The Morgan fingerprint density at radius 3 is 2.22 bits per heavy atom. The zero-order chi connectivity index (χ0) is 6.69. The molecule has 0 fully saturated rings. The van der Waals surface area contributed by atoms with Gasteiger partial charge in [0.15, 0.2) is 0 Å². The van der Waals surface area contributed by atoms with Crippen LogP contribution in [0.4, 0.5) is 0 Å². The second-order valence-corrected chi connectivity index (χ2v) is 3.61. The lowest BCUT2D eigenvalue weighted by Gasteiger charge is -1.84. The van der Waals surface area contributed by atoms with Crippen molar-refractivity contribution in [2.75, 3.05) is 0 Å². The quantitative estimate of drug-likeness (QED) is 0.567. The second-order valence-electron chi connectivity index (χ2n) is 1.88. The lowest BCUT2D eigenvalue weighted by atomic mass is 10.2. The summed E-state index contributed by atoms with van der Waals surface area (Å²) >= 11 is -0.703. The van der Waals surface area contributed by atoms with Crippen LogP contribution in [0.15, 0.2) is 24.3 Å². The summed E-state index contributed by atoms with van der Waals surface area (Å²) in [5, 5.41) is 0. The molecule has 0 saturated carbocycles. The normalized spacial score (nSPS) is 9.56. The third-order valence-corrected chi connectivity index (χ3v) is 2.38. The summed E-state index contributed by atoms with van der Waals surface area (Å²) in [4.78, 5) is 0. The van der Waals surface area contributed by atoms with Crippen LogP contribution in [0.5, 0.6) is 0 Å². The fraction of sp³-hybridized carbons (Fsp3) is 0.143. The fourth-order valence-corrected chi connectivity index (χ4v) is 1.27. The van der Waals surface area contributed by atoms with Gasteiger partial charge in [-0.1, -0.05) is 17.7 Å². The van der Waals surface area contributed by atoms with Gasteiger partial charge in [-0.25, -0.2) is 0 Å². The van der Waals surface area contributed by atoms with E-state index in [0.29, 0.717) is 0 Å². The maximum atomic E-state index is 8.74. The summed E-state index contributed by atoms with van der Waals surface area (Å²) in [7, 11) is 0. The van der Waals surface area contributed by atoms with E-state index in [9.17, 15) is 0 Å². The summed E-state index contributed by atoms with van der Waals surface area (Å²) in [6.45, 7) is 2.04. The van der Waals surface area contributed by atoms with Crippen LogP contribution >= 0.6 is 0 Å². The Labute approximate surface area is 65.5 Å². The average molecular weight is 235 g/mol. The first kappa shape index (κ1) is 7.02. The molecule has 0 saturated heterocycles. The van der Waals surface area contributed by atoms with Crippen LogP contribution in [0.1, 0.15) is 5.56 Å². The van der Waals surface area contributed by atoms with Crippen molar-refractivity contribution < 1.29 is 25.1 Å². The highest BCUT2D eigenvalue weighted by Crippen LogP contribution is 1.92. The van der Waals surface area contributed by atoms with Crippen molar-refractivity contribution in [2.24, 2.45) is 0 Å². The standard InChI is InChI=1S/C7H8IO/c1-6-2-4-7(8-9)5-3-6/h2-5,9H,1H3/q+1. The molecule has 48 valence electrons. The Morgan fingerprint density at radius 1 is 1.22 bits per heavy atom. The van der Waals surface area contributed by atoms with Crippen LogP contribution < -0.4 is 21.6 Å². The molecule has 0 spiro atoms. The average Bonchev–Trinajstić information content (AvgIpc) is 1.90. The highest BCUT2D eigenvalue weighted by atomic mass is 127. The number of benzene rings is 1. The number of halogens is 1. The van der Waals surface area contributed by atoms with Crippen molar-refractivity contribution in [2.45, 2.75) is 6.92 Å². The highest BCUT2D eigenvalue weighted by Gasteiger charge is 2.04. The van der Waals surface area contributed by atoms with Crippen molar-refractivity contribution in [1.82, 2.24) is 0 Å². The van der Waals surface area contributed by atoms with Gasteiger partial charge in [0.2, 0.25) is 3.57 Å². The monoisotopic (exact) mass is 235 g/mol. The van der Waals surface area contributed by atoms with Crippen LogP contribution in [0.3, 0.4) is 0 Å². The molecule has 1 rings (SSSR count). The van der Waals surface area contributed by atoms with Crippen LogP contribution in [-0.2, 0) is 0 Å². The van der Waals surface area contributed by atoms with E-state index in [1.165, 1.54) is 5.56 Å². The first-order chi connectivity index (χ1) is 4.33. The number of hydrogen-bond donors (Lipinski definition) is 1. The number of hydrogen-bond acceptors (Lipinski definition) is 1. The Balaban J connectivity index is 2.88. The molecular weight excluding hydrogens is 227 g/mol. The largest absolute Gasteiger partial charge is 0.519 e. The Morgan fingerprint density at radius 2 is 1.78 bits per heavy atom. The molecule has 0 aliphatic heterocycles. The summed E-state index contributed by atoms with van der Waals surface area (Å²) in [6, 6.07) is 7.99. The van der Waals surface area contributed by atoms with E-state index >= 15 is 0 Å². The summed E-state index contributed by atoms with van der Waals surface area (Å²) in [5.74, 6) is 0. The Bertz CT molecular complexity index is 181. The molecule has 0 amide bonds. The smallest absolute Gasteiger partial charge is 0.156 e. The molecule has 0 bridgehead atoms. The van der Waals surface area contributed by atoms with Gasteiger partial charge < -0.3 is 0 Å². The minimum Gasteiger partial charge on any atom is -0.156 e. The van der Waals surface area contributed by atoms with Crippen molar-refractivity contribution in [3.63, 3.8) is 0 Å². The molecule has 1 aromatic rings. The third kappa shape index (κ3) is 1.95. The molecule has 1 nitrogen and oxygen atoms in total. The van der Waals surface area contributed by atoms with Gasteiger partial charge in [-0.15, -0.1) is 0 Å². The van der Waals surface area contributed by atoms with E-state index in [4.69, 9.17) is 3.44 Å². The van der Waals surface area contributed by atoms with Crippen LogP contribution in [0, 0.1) is 10.5 Å². The molecule has 1 N–H and O–H groups in total. The van der Waals surface area contributed by atoms with E-state index in [-0.39, 0.29) is 0 Å². The lowest BCUT2D eigenvalue weighted by molar-refractivity contribution is -0.866. The van der Waals surface area contributed by atoms with Crippen molar-refractivity contribution in [3.05, 3.63) is 33.4 Å². The molecule has 0 atom stereocenters.